The van der Waals surface area contributed by atoms with E-state index in [2.05, 4.69) is 4.99 Å². The first-order valence-electron chi connectivity index (χ1n) is 9.98. The smallest absolute Gasteiger partial charge is 0.422 e. The largest absolute Gasteiger partial charge is 0.483 e. The van der Waals surface area contributed by atoms with Gasteiger partial charge in [0.15, 0.2) is 11.4 Å². The molecule has 1 N–H and O–H groups in total. The normalized spacial score (nSPS) is 17.8. The van der Waals surface area contributed by atoms with Crippen LogP contribution in [0.5, 0.6) is 5.75 Å². The van der Waals surface area contributed by atoms with Crippen LogP contribution in [0.15, 0.2) is 23.2 Å². The van der Waals surface area contributed by atoms with Gasteiger partial charge >= 0.3 is 6.18 Å². The molecule has 0 aliphatic carbocycles. The first-order chi connectivity index (χ1) is 14.8. The van der Waals surface area contributed by atoms with Gasteiger partial charge in [0.1, 0.15) is 5.75 Å². The Balaban J connectivity index is 2.03. The van der Waals surface area contributed by atoms with Gasteiger partial charge in [0, 0.05) is 17.3 Å². The van der Waals surface area contributed by atoms with Crippen LogP contribution in [-0.2, 0) is 16.9 Å². The molecular weight excluding hydrogens is 469 g/mol. The van der Waals surface area contributed by atoms with Gasteiger partial charge < -0.3 is 19.1 Å². The number of amides is 1. The van der Waals surface area contributed by atoms with Gasteiger partial charge in [0.2, 0.25) is 0 Å². The number of ether oxygens (including phenoxy) is 2. The molecule has 1 aliphatic heterocycles. The number of halogens is 4. The van der Waals surface area contributed by atoms with Crippen molar-refractivity contribution in [1.29, 1.82) is 0 Å². The molecule has 32 heavy (non-hydrogen) atoms. The van der Waals surface area contributed by atoms with E-state index in [1.165, 1.54) is 18.2 Å². The lowest BCUT2D eigenvalue weighted by Gasteiger charge is -2.17. The van der Waals surface area contributed by atoms with Crippen LogP contribution in [0.2, 0.25) is 5.02 Å². The molecule has 0 unspecified atom stereocenters. The standard InChI is InChI=1S/C21H24ClF3N2O4S/c1-12-17(20(2,3)29)32-19(27(12)10-14-5-4-8-30-14)26-18(28)15-9-13(22)6-7-16(15)31-11-21(23,24)25/h6-7,9,14,29H,4-5,8,10-11H2,1-3H3/t14-/m1/s1. The molecule has 6 nitrogen and oxygen atoms in total. The van der Waals surface area contributed by atoms with Crippen LogP contribution in [0.4, 0.5) is 13.2 Å². The maximum absolute atomic E-state index is 13.0. The number of benzene rings is 1. The molecule has 1 saturated heterocycles. The summed E-state index contributed by atoms with van der Waals surface area (Å²) in [6.45, 7) is 4.63. The van der Waals surface area contributed by atoms with Crippen molar-refractivity contribution in [2.24, 2.45) is 4.99 Å². The summed E-state index contributed by atoms with van der Waals surface area (Å²) in [7, 11) is 0. The monoisotopic (exact) mass is 492 g/mol. The van der Waals surface area contributed by atoms with E-state index < -0.39 is 24.3 Å². The zero-order chi connectivity index (χ0) is 23.7. The molecular formula is C21H24ClF3N2O4S. The molecule has 0 saturated carbocycles. The van der Waals surface area contributed by atoms with E-state index in [-0.39, 0.29) is 22.4 Å². The lowest BCUT2D eigenvalue weighted by Crippen LogP contribution is -2.26. The molecule has 1 amide bonds. The maximum atomic E-state index is 13.0. The van der Waals surface area contributed by atoms with Gasteiger partial charge in [-0.25, -0.2) is 0 Å². The van der Waals surface area contributed by atoms with Crippen LogP contribution >= 0.6 is 22.9 Å². The van der Waals surface area contributed by atoms with E-state index in [9.17, 15) is 23.1 Å². The molecule has 1 aromatic heterocycles. The Kier molecular flexibility index (Phi) is 7.38. The second kappa shape index (κ2) is 9.54. The van der Waals surface area contributed by atoms with Gasteiger partial charge in [0.25, 0.3) is 5.91 Å². The van der Waals surface area contributed by atoms with Gasteiger partial charge in [-0.1, -0.05) is 22.9 Å². The summed E-state index contributed by atoms with van der Waals surface area (Å²) in [4.78, 5) is 18.1. The van der Waals surface area contributed by atoms with Crippen LogP contribution in [0.25, 0.3) is 0 Å². The Labute approximate surface area is 192 Å². The third kappa shape index (κ3) is 6.12. The minimum atomic E-state index is -4.56. The lowest BCUT2D eigenvalue weighted by molar-refractivity contribution is -0.153. The van der Waals surface area contributed by atoms with Crippen molar-refractivity contribution in [3.05, 3.63) is 44.2 Å². The van der Waals surface area contributed by atoms with Crippen LogP contribution < -0.4 is 9.54 Å². The molecule has 1 aromatic carbocycles. The SMILES string of the molecule is Cc1c(C(C)(C)O)sc(=NC(=O)c2cc(Cl)ccc2OCC(F)(F)F)n1C[C@H]1CCCO1. The molecule has 0 spiro atoms. The van der Waals surface area contributed by atoms with Gasteiger partial charge in [-0.05, 0) is 51.8 Å². The molecule has 2 aromatic rings. The number of hydrogen-bond acceptors (Lipinski definition) is 5. The Hall–Kier alpha value is -1.88. The summed E-state index contributed by atoms with van der Waals surface area (Å²) >= 11 is 7.11. The summed E-state index contributed by atoms with van der Waals surface area (Å²) in [5.74, 6) is -1.06. The number of carbonyl (C=O) groups excluding carboxylic acids is 1. The summed E-state index contributed by atoms with van der Waals surface area (Å²) in [6.07, 6.45) is -2.82. The molecule has 0 radical (unpaired) electrons. The van der Waals surface area contributed by atoms with Gasteiger partial charge in [-0.15, -0.1) is 0 Å². The number of hydrogen-bond donors (Lipinski definition) is 1. The molecule has 2 heterocycles. The van der Waals surface area contributed by atoms with Crippen molar-refractivity contribution in [2.45, 2.75) is 58.0 Å². The summed E-state index contributed by atoms with van der Waals surface area (Å²) in [5, 5.41) is 10.7. The Morgan fingerprint density at radius 1 is 1.41 bits per heavy atom. The Bertz CT molecular complexity index is 1050. The topological polar surface area (TPSA) is 73.0 Å². The second-order valence-corrected chi connectivity index (χ2v) is 9.48. The van der Waals surface area contributed by atoms with E-state index in [0.717, 1.165) is 29.9 Å². The fraction of sp³-hybridized carbons (Fsp3) is 0.524. The summed E-state index contributed by atoms with van der Waals surface area (Å²) < 4.78 is 50.1. The number of alkyl halides is 3. The lowest BCUT2D eigenvalue weighted by atomic mass is 10.1. The van der Waals surface area contributed by atoms with Crippen LogP contribution in [0.1, 0.15) is 47.6 Å². The molecule has 1 fully saturated rings. The quantitative estimate of drug-likeness (QED) is 0.639. The average Bonchev–Trinajstić information content (AvgIpc) is 3.29. The fourth-order valence-electron chi connectivity index (χ4n) is 3.45. The van der Waals surface area contributed by atoms with Crippen molar-refractivity contribution in [3.8, 4) is 5.75 Å². The third-order valence-corrected chi connectivity index (χ3v) is 6.61. The number of rotatable bonds is 6. The predicted octanol–water partition coefficient (Wildman–Crippen LogP) is 4.60. The van der Waals surface area contributed by atoms with E-state index >= 15 is 0 Å². The number of nitrogens with zero attached hydrogens (tertiary/aromatic N) is 2. The highest BCUT2D eigenvalue weighted by atomic mass is 35.5. The van der Waals surface area contributed by atoms with Crippen molar-refractivity contribution >= 4 is 28.8 Å². The fourth-order valence-corrected chi connectivity index (χ4v) is 4.76. The zero-order valence-corrected chi connectivity index (χ0v) is 19.4. The van der Waals surface area contributed by atoms with Crippen LogP contribution in [0.3, 0.4) is 0 Å². The molecule has 11 heteroatoms. The number of thiazole rings is 1. The minimum absolute atomic E-state index is 0.0520. The first kappa shape index (κ1) is 24.8. The zero-order valence-electron chi connectivity index (χ0n) is 17.8. The molecule has 3 rings (SSSR count). The van der Waals surface area contributed by atoms with Gasteiger partial charge in [-0.3, -0.25) is 4.79 Å². The molecule has 1 atom stereocenters. The number of aliphatic hydroxyl groups is 1. The predicted molar refractivity (Wildman–Crippen MR) is 114 cm³/mol. The number of carbonyl (C=O) groups is 1. The van der Waals surface area contributed by atoms with Crippen molar-refractivity contribution in [3.63, 3.8) is 0 Å². The van der Waals surface area contributed by atoms with Crippen LogP contribution in [0, 0.1) is 6.92 Å². The number of aromatic nitrogens is 1. The average molecular weight is 493 g/mol. The first-order valence-corrected chi connectivity index (χ1v) is 11.2. The van der Waals surface area contributed by atoms with Gasteiger partial charge in [0.05, 0.1) is 28.7 Å². The second-order valence-electron chi connectivity index (χ2n) is 8.07. The van der Waals surface area contributed by atoms with E-state index in [1.54, 1.807) is 18.4 Å². The van der Waals surface area contributed by atoms with Crippen molar-refractivity contribution in [1.82, 2.24) is 4.57 Å². The van der Waals surface area contributed by atoms with Crippen molar-refractivity contribution < 1.29 is 32.5 Å². The highest BCUT2D eigenvalue weighted by Crippen LogP contribution is 2.29. The highest BCUT2D eigenvalue weighted by molar-refractivity contribution is 7.09. The minimum Gasteiger partial charge on any atom is -0.483 e. The van der Waals surface area contributed by atoms with Crippen molar-refractivity contribution in [2.75, 3.05) is 13.2 Å². The van der Waals surface area contributed by atoms with E-state index in [0.29, 0.717) is 22.8 Å². The van der Waals surface area contributed by atoms with Gasteiger partial charge in [-0.2, -0.15) is 18.2 Å². The Morgan fingerprint density at radius 2 is 2.12 bits per heavy atom. The molecule has 176 valence electrons. The van der Waals surface area contributed by atoms with E-state index in [4.69, 9.17) is 21.1 Å². The van der Waals surface area contributed by atoms with E-state index in [1.807, 2.05) is 6.92 Å². The maximum Gasteiger partial charge on any atom is 0.422 e. The summed E-state index contributed by atoms with van der Waals surface area (Å²) in [6, 6.07) is 3.77. The molecule has 0 bridgehead atoms. The molecule has 1 aliphatic rings. The highest BCUT2D eigenvalue weighted by Gasteiger charge is 2.30. The summed E-state index contributed by atoms with van der Waals surface area (Å²) in [5.41, 5.74) is -0.605. The third-order valence-electron chi connectivity index (χ3n) is 4.88. The Morgan fingerprint density at radius 3 is 2.72 bits per heavy atom. The van der Waals surface area contributed by atoms with Crippen LogP contribution in [-0.4, -0.2) is 41.1 Å².